The number of halogens is 3. The minimum Gasteiger partial charge on any atom is -0.406 e. The molecule has 1 aromatic rings. The molecule has 1 fully saturated rings. The number of ether oxygens (including phenoxy) is 1. The summed E-state index contributed by atoms with van der Waals surface area (Å²) in [6, 6.07) is 5.89. The average Bonchev–Trinajstić information content (AvgIpc) is 2.38. The second-order valence-electron chi connectivity index (χ2n) is 6.47. The molecule has 0 spiro atoms. The van der Waals surface area contributed by atoms with Gasteiger partial charge in [-0.2, -0.15) is 0 Å². The van der Waals surface area contributed by atoms with Crippen molar-refractivity contribution >= 4 is 0 Å². The zero-order valence-corrected chi connectivity index (χ0v) is 13.4. The first-order valence-electron chi connectivity index (χ1n) is 7.59. The predicted octanol–water partition coefficient (Wildman–Crippen LogP) is 2.47. The van der Waals surface area contributed by atoms with E-state index in [9.17, 15) is 18.3 Å². The Balaban J connectivity index is 1.94. The maximum absolute atomic E-state index is 12.1. The second-order valence-corrected chi connectivity index (χ2v) is 6.47. The summed E-state index contributed by atoms with van der Waals surface area (Å²) in [6.45, 7) is 2.63. The first-order chi connectivity index (χ1) is 10.7. The van der Waals surface area contributed by atoms with Crippen LogP contribution in [-0.4, -0.2) is 60.6 Å². The van der Waals surface area contributed by atoms with E-state index in [0.717, 1.165) is 24.9 Å². The first kappa shape index (κ1) is 18.0. The van der Waals surface area contributed by atoms with Gasteiger partial charge in [-0.25, -0.2) is 0 Å². The Bertz CT molecular complexity index is 505. The molecule has 0 aromatic heterocycles. The number of rotatable bonds is 5. The Kier molecular flexibility index (Phi) is 5.54. The highest BCUT2D eigenvalue weighted by Crippen LogP contribution is 2.25. The number of aliphatic hydroxyl groups is 1. The minimum atomic E-state index is -4.67. The van der Waals surface area contributed by atoms with Crippen LogP contribution in [0.25, 0.3) is 0 Å². The number of benzene rings is 1. The van der Waals surface area contributed by atoms with Crippen molar-refractivity contribution in [1.82, 2.24) is 9.80 Å². The van der Waals surface area contributed by atoms with Gasteiger partial charge in [-0.3, -0.25) is 4.90 Å². The quantitative estimate of drug-likeness (QED) is 0.899. The van der Waals surface area contributed by atoms with Gasteiger partial charge in [0.05, 0.1) is 5.60 Å². The molecule has 0 saturated carbocycles. The van der Waals surface area contributed by atoms with Gasteiger partial charge in [-0.1, -0.05) is 12.1 Å². The van der Waals surface area contributed by atoms with E-state index in [1.54, 1.807) is 12.1 Å². The number of likely N-dealkylation sites (tertiary alicyclic amines) is 1. The first-order valence-corrected chi connectivity index (χ1v) is 7.59. The lowest BCUT2D eigenvalue weighted by Crippen LogP contribution is -2.52. The zero-order valence-electron chi connectivity index (χ0n) is 13.4. The fraction of sp³-hybridized carbons (Fsp3) is 0.625. The monoisotopic (exact) mass is 332 g/mol. The molecule has 130 valence electrons. The molecule has 0 aliphatic carbocycles. The molecule has 0 amide bonds. The van der Waals surface area contributed by atoms with Crippen molar-refractivity contribution < 1.29 is 23.0 Å². The third-order valence-corrected chi connectivity index (χ3v) is 3.81. The Morgan fingerprint density at radius 2 is 1.91 bits per heavy atom. The van der Waals surface area contributed by atoms with Crippen LogP contribution in [0.15, 0.2) is 24.3 Å². The van der Waals surface area contributed by atoms with E-state index in [1.807, 2.05) is 19.0 Å². The average molecular weight is 332 g/mol. The van der Waals surface area contributed by atoms with Crippen LogP contribution in [0.5, 0.6) is 5.75 Å². The smallest absolute Gasteiger partial charge is 0.406 e. The molecule has 1 saturated heterocycles. The van der Waals surface area contributed by atoms with Crippen molar-refractivity contribution in [2.45, 2.75) is 31.3 Å². The topological polar surface area (TPSA) is 35.9 Å². The molecule has 1 aliphatic heterocycles. The molecule has 1 aliphatic rings. The van der Waals surface area contributed by atoms with Gasteiger partial charge in [0, 0.05) is 19.6 Å². The molecule has 1 aromatic carbocycles. The summed E-state index contributed by atoms with van der Waals surface area (Å²) in [7, 11) is 3.85. The van der Waals surface area contributed by atoms with Gasteiger partial charge in [0.2, 0.25) is 0 Å². The summed E-state index contributed by atoms with van der Waals surface area (Å²) in [5.41, 5.74) is 0.162. The highest BCUT2D eigenvalue weighted by Gasteiger charge is 2.34. The minimum absolute atomic E-state index is 0.219. The van der Waals surface area contributed by atoms with Gasteiger partial charge < -0.3 is 14.7 Å². The Labute approximate surface area is 134 Å². The van der Waals surface area contributed by atoms with E-state index >= 15 is 0 Å². The van der Waals surface area contributed by atoms with Crippen LogP contribution < -0.4 is 4.74 Å². The molecule has 2 rings (SSSR count). The lowest BCUT2D eigenvalue weighted by Gasteiger charge is -2.40. The summed E-state index contributed by atoms with van der Waals surface area (Å²) in [6.07, 6.45) is -3.00. The van der Waals surface area contributed by atoms with Gasteiger partial charge in [0.1, 0.15) is 5.75 Å². The predicted molar refractivity (Wildman–Crippen MR) is 81.1 cm³/mol. The third-order valence-electron chi connectivity index (χ3n) is 3.81. The fourth-order valence-electron chi connectivity index (χ4n) is 3.11. The van der Waals surface area contributed by atoms with Crippen molar-refractivity contribution in [2.75, 3.05) is 33.7 Å². The molecular formula is C16H23F3N2O2. The number of alkyl halides is 3. The summed E-state index contributed by atoms with van der Waals surface area (Å²) < 4.78 is 40.3. The lowest BCUT2D eigenvalue weighted by molar-refractivity contribution is -0.274. The van der Waals surface area contributed by atoms with E-state index in [2.05, 4.69) is 9.64 Å². The van der Waals surface area contributed by atoms with Crippen LogP contribution in [0.3, 0.4) is 0 Å². The standard InChI is InChI=1S/C16H23F3N2O2/c1-20(2)11-15(22)8-3-9-21(12-15)10-13-4-6-14(7-5-13)23-16(17,18)19/h4-7,22H,3,8-12H2,1-2H3/t15-/m0/s1. The maximum Gasteiger partial charge on any atom is 0.573 e. The molecule has 1 atom stereocenters. The molecular weight excluding hydrogens is 309 g/mol. The van der Waals surface area contributed by atoms with Crippen LogP contribution in [0.4, 0.5) is 13.2 Å². The second kappa shape index (κ2) is 7.07. The largest absolute Gasteiger partial charge is 0.573 e. The summed E-state index contributed by atoms with van der Waals surface area (Å²) >= 11 is 0. The number of piperidine rings is 1. The van der Waals surface area contributed by atoms with Crippen molar-refractivity contribution in [3.8, 4) is 5.75 Å². The van der Waals surface area contributed by atoms with Crippen LogP contribution in [0.2, 0.25) is 0 Å². The molecule has 0 radical (unpaired) electrons. The van der Waals surface area contributed by atoms with Crippen molar-refractivity contribution in [1.29, 1.82) is 0 Å². The van der Waals surface area contributed by atoms with Gasteiger partial charge >= 0.3 is 6.36 Å². The highest BCUT2D eigenvalue weighted by atomic mass is 19.4. The van der Waals surface area contributed by atoms with E-state index in [0.29, 0.717) is 19.6 Å². The van der Waals surface area contributed by atoms with E-state index in [1.165, 1.54) is 12.1 Å². The van der Waals surface area contributed by atoms with E-state index < -0.39 is 12.0 Å². The summed E-state index contributed by atoms with van der Waals surface area (Å²) in [5, 5.41) is 10.6. The highest BCUT2D eigenvalue weighted by molar-refractivity contribution is 5.27. The van der Waals surface area contributed by atoms with Gasteiger partial charge in [0.15, 0.2) is 0 Å². The fourth-order valence-corrected chi connectivity index (χ4v) is 3.11. The van der Waals surface area contributed by atoms with Crippen LogP contribution in [0.1, 0.15) is 18.4 Å². The number of hydrogen-bond donors (Lipinski definition) is 1. The molecule has 7 heteroatoms. The zero-order chi connectivity index (χ0) is 17.1. The van der Waals surface area contributed by atoms with Gasteiger partial charge in [-0.15, -0.1) is 13.2 Å². The maximum atomic E-state index is 12.1. The van der Waals surface area contributed by atoms with Crippen LogP contribution in [-0.2, 0) is 6.54 Å². The van der Waals surface area contributed by atoms with E-state index in [4.69, 9.17) is 0 Å². The molecule has 0 bridgehead atoms. The van der Waals surface area contributed by atoms with Crippen LogP contribution >= 0.6 is 0 Å². The number of β-amino-alcohol motifs (C(OH)–C–C–N with tert-alkyl or cyclic N) is 1. The van der Waals surface area contributed by atoms with Crippen molar-refractivity contribution in [2.24, 2.45) is 0 Å². The normalized spacial score (nSPS) is 23.3. The molecule has 1 N–H and O–H groups in total. The number of nitrogens with zero attached hydrogens (tertiary/aromatic N) is 2. The summed E-state index contributed by atoms with van der Waals surface area (Å²) in [5.74, 6) is -0.219. The number of hydrogen-bond acceptors (Lipinski definition) is 4. The van der Waals surface area contributed by atoms with Crippen molar-refractivity contribution in [3.05, 3.63) is 29.8 Å². The van der Waals surface area contributed by atoms with Crippen LogP contribution in [0, 0.1) is 0 Å². The van der Waals surface area contributed by atoms with Gasteiger partial charge in [-0.05, 0) is 51.2 Å². The Hall–Kier alpha value is -1.31. The third kappa shape index (κ3) is 6.01. The number of likely N-dealkylation sites (N-methyl/N-ethyl adjacent to an activating group) is 1. The Morgan fingerprint density at radius 1 is 1.26 bits per heavy atom. The van der Waals surface area contributed by atoms with Gasteiger partial charge in [0.25, 0.3) is 0 Å². The molecule has 1 heterocycles. The molecule has 23 heavy (non-hydrogen) atoms. The lowest BCUT2D eigenvalue weighted by atomic mass is 9.92. The summed E-state index contributed by atoms with van der Waals surface area (Å²) in [4.78, 5) is 4.10. The van der Waals surface area contributed by atoms with E-state index in [-0.39, 0.29) is 5.75 Å². The Morgan fingerprint density at radius 3 is 2.48 bits per heavy atom. The van der Waals surface area contributed by atoms with Crippen molar-refractivity contribution in [3.63, 3.8) is 0 Å². The SMILES string of the molecule is CN(C)C[C@@]1(O)CCCN(Cc2ccc(OC(F)(F)F)cc2)C1. The molecule has 0 unspecified atom stereocenters. The molecule has 4 nitrogen and oxygen atoms in total.